The van der Waals surface area contributed by atoms with E-state index in [1.165, 1.54) is 0 Å². The van der Waals surface area contributed by atoms with Crippen LogP contribution in [-0.4, -0.2) is 44.9 Å². The van der Waals surface area contributed by atoms with Gasteiger partial charge in [0.25, 0.3) is 0 Å². The van der Waals surface area contributed by atoms with Gasteiger partial charge in [-0.3, -0.25) is 4.90 Å². The molecular formula is C13H18ClNO2. The van der Waals surface area contributed by atoms with Crippen molar-refractivity contribution in [1.29, 1.82) is 0 Å². The number of halogens is 1. The summed E-state index contributed by atoms with van der Waals surface area (Å²) in [6, 6.07) is 7.95. The van der Waals surface area contributed by atoms with Gasteiger partial charge in [0.15, 0.2) is 0 Å². The van der Waals surface area contributed by atoms with Gasteiger partial charge in [0.2, 0.25) is 0 Å². The second kappa shape index (κ2) is 6.24. The maximum absolute atomic E-state index is 6.43. The van der Waals surface area contributed by atoms with Gasteiger partial charge in [-0.05, 0) is 17.7 Å². The molecular weight excluding hydrogens is 238 g/mol. The molecule has 1 aliphatic heterocycles. The summed E-state index contributed by atoms with van der Waals surface area (Å²) in [5, 5.41) is 0.00296. The second-order valence-corrected chi connectivity index (χ2v) is 4.68. The standard InChI is InChI=1S/C13H18ClNO2/c1-16-12-4-2-3-11(9-12)13(14)10-15-5-7-17-8-6-15/h2-4,9,13H,5-8,10H2,1H3. The van der Waals surface area contributed by atoms with Crippen molar-refractivity contribution in [2.45, 2.75) is 5.38 Å². The molecule has 0 spiro atoms. The van der Waals surface area contributed by atoms with Crippen LogP contribution < -0.4 is 4.74 Å². The minimum absolute atomic E-state index is 0.00296. The van der Waals surface area contributed by atoms with Crippen molar-refractivity contribution in [1.82, 2.24) is 4.90 Å². The lowest BCUT2D eigenvalue weighted by atomic mass is 10.1. The topological polar surface area (TPSA) is 21.7 Å². The van der Waals surface area contributed by atoms with Crippen LogP contribution in [0, 0.1) is 0 Å². The number of nitrogens with zero attached hydrogens (tertiary/aromatic N) is 1. The largest absolute Gasteiger partial charge is 0.497 e. The molecule has 1 aromatic rings. The minimum atomic E-state index is 0.00296. The molecule has 0 bridgehead atoms. The van der Waals surface area contributed by atoms with Gasteiger partial charge in [0, 0.05) is 19.6 Å². The monoisotopic (exact) mass is 255 g/mol. The molecule has 1 heterocycles. The number of morpholine rings is 1. The molecule has 0 radical (unpaired) electrons. The summed E-state index contributed by atoms with van der Waals surface area (Å²) in [6.45, 7) is 4.40. The van der Waals surface area contributed by atoms with E-state index in [1.807, 2.05) is 24.3 Å². The number of hydrogen-bond donors (Lipinski definition) is 0. The third kappa shape index (κ3) is 3.60. The van der Waals surface area contributed by atoms with E-state index in [1.54, 1.807) is 7.11 Å². The van der Waals surface area contributed by atoms with E-state index in [0.717, 1.165) is 44.2 Å². The molecule has 1 saturated heterocycles. The van der Waals surface area contributed by atoms with Gasteiger partial charge in [0.1, 0.15) is 5.75 Å². The highest BCUT2D eigenvalue weighted by atomic mass is 35.5. The molecule has 0 saturated carbocycles. The van der Waals surface area contributed by atoms with E-state index in [4.69, 9.17) is 21.1 Å². The van der Waals surface area contributed by atoms with Crippen LogP contribution >= 0.6 is 11.6 Å². The molecule has 17 heavy (non-hydrogen) atoms. The normalized spacial score (nSPS) is 18.9. The maximum Gasteiger partial charge on any atom is 0.119 e. The Hall–Kier alpha value is -0.770. The Kier molecular flexibility index (Phi) is 4.66. The fraction of sp³-hybridized carbons (Fsp3) is 0.538. The molecule has 0 N–H and O–H groups in total. The van der Waals surface area contributed by atoms with E-state index in [0.29, 0.717) is 0 Å². The Morgan fingerprint density at radius 1 is 1.41 bits per heavy atom. The molecule has 1 atom stereocenters. The van der Waals surface area contributed by atoms with Crippen LogP contribution in [0.25, 0.3) is 0 Å². The first-order chi connectivity index (χ1) is 8.29. The van der Waals surface area contributed by atoms with Gasteiger partial charge in [-0.2, -0.15) is 0 Å². The zero-order chi connectivity index (χ0) is 12.1. The lowest BCUT2D eigenvalue weighted by Crippen LogP contribution is -2.38. The summed E-state index contributed by atoms with van der Waals surface area (Å²) in [7, 11) is 1.67. The maximum atomic E-state index is 6.43. The summed E-state index contributed by atoms with van der Waals surface area (Å²) in [5.41, 5.74) is 1.11. The van der Waals surface area contributed by atoms with E-state index in [9.17, 15) is 0 Å². The lowest BCUT2D eigenvalue weighted by Gasteiger charge is -2.28. The van der Waals surface area contributed by atoms with Crippen molar-refractivity contribution in [3.63, 3.8) is 0 Å². The van der Waals surface area contributed by atoms with Crippen LogP contribution in [-0.2, 0) is 4.74 Å². The number of methoxy groups -OCH3 is 1. The van der Waals surface area contributed by atoms with Crippen LogP contribution in [0.4, 0.5) is 0 Å². The number of alkyl halides is 1. The quantitative estimate of drug-likeness (QED) is 0.771. The second-order valence-electron chi connectivity index (χ2n) is 4.16. The van der Waals surface area contributed by atoms with Crippen LogP contribution in [0.3, 0.4) is 0 Å². The van der Waals surface area contributed by atoms with Crippen molar-refractivity contribution in [3.8, 4) is 5.75 Å². The Bertz CT molecular complexity index is 353. The van der Waals surface area contributed by atoms with Gasteiger partial charge in [0.05, 0.1) is 25.7 Å². The van der Waals surface area contributed by atoms with Crippen molar-refractivity contribution in [3.05, 3.63) is 29.8 Å². The van der Waals surface area contributed by atoms with E-state index < -0.39 is 0 Å². The van der Waals surface area contributed by atoms with Gasteiger partial charge < -0.3 is 9.47 Å². The molecule has 1 aromatic carbocycles. The number of ether oxygens (including phenoxy) is 2. The van der Waals surface area contributed by atoms with Crippen molar-refractivity contribution < 1.29 is 9.47 Å². The van der Waals surface area contributed by atoms with Crippen LogP contribution in [0.1, 0.15) is 10.9 Å². The average molecular weight is 256 g/mol. The fourth-order valence-electron chi connectivity index (χ4n) is 1.95. The third-order valence-electron chi connectivity index (χ3n) is 2.98. The van der Waals surface area contributed by atoms with Crippen molar-refractivity contribution in [2.75, 3.05) is 40.0 Å². The molecule has 0 amide bonds. The first kappa shape index (κ1) is 12.7. The van der Waals surface area contributed by atoms with Gasteiger partial charge in [-0.25, -0.2) is 0 Å². The van der Waals surface area contributed by atoms with Crippen LogP contribution in [0.15, 0.2) is 24.3 Å². The predicted molar refractivity (Wildman–Crippen MR) is 68.8 cm³/mol. The van der Waals surface area contributed by atoms with Crippen molar-refractivity contribution >= 4 is 11.6 Å². The molecule has 1 aliphatic rings. The molecule has 1 unspecified atom stereocenters. The first-order valence-corrected chi connectivity index (χ1v) is 6.31. The number of benzene rings is 1. The number of hydrogen-bond acceptors (Lipinski definition) is 3. The van der Waals surface area contributed by atoms with Crippen LogP contribution in [0.5, 0.6) is 5.75 Å². The molecule has 4 heteroatoms. The lowest BCUT2D eigenvalue weighted by molar-refractivity contribution is 0.0378. The van der Waals surface area contributed by atoms with Crippen molar-refractivity contribution in [2.24, 2.45) is 0 Å². The van der Waals surface area contributed by atoms with E-state index in [2.05, 4.69) is 4.90 Å². The molecule has 1 fully saturated rings. The number of rotatable bonds is 4. The SMILES string of the molecule is COc1cccc(C(Cl)CN2CCOCC2)c1. The summed E-state index contributed by atoms with van der Waals surface area (Å²) in [6.07, 6.45) is 0. The Labute approximate surface area is 107 Å². The summed E-state index contributed by atoms with van der Waals surface area (Å²) in [4.78, 5) is 2.33. The smallest absolute Gasteiger partial charge is 0.119 e. The fourth-order valence-corrected chi connectivity index (χ4v) is 2.28. The van der Waals surface area contributed by atoms with Crippen LogP contribution in [0.2, 0.25) is 0 Å². The Balaban J connectivity index is 1.95. The first-order valence-electron chi connectivity index (χ1n) is 5.87. The predicted octanol–water partition coefficient (Wildman–Crippen LogP) is 2.31. The molecule has 0 aliphatic carbocycles. The summed E-state index contributed by atoms with van der Waals surface area (Å²) < 4.78 is 10.5. The zero-order valence-electron chi connectivity index (χ0n) is 10.1. The molecule has 3 nitrogen and oxygen atoms in total. The van der Waals surface area contributed by atoms with Gasteiger partial charge in [-0.1, -0.05) is 12.1 Å². The van der Waals surface area contributed by atoms with E-state index >= 15 is 0 Å². The van der Waals surface area contributed by atoms with E-state index in [-0.39, 0.29) is 5.38 Å². The van der Waals surface area contributed by atoms with Gasteiger partial charge in [-0.15, -0.1) is 11.6 Å². The summed E-state index contributed by atoms with van der Waals surface area (Å²) in [5.74, 6) is 0.857. The molecule has 94 valence electrons. The highest BCUT2D eigenvalue weighted by molar-refractivity contribution is 6.21. The zero-order valence-corrected chi connectivity index (χ0v) is 10.8. The molecule has 0 aromatic heterocycles. The Morgan fingerprint density at radius 2 is 2.18 bits per heavy atom. The summed E-state index contributed by atoms with van der Waals surface area (Å²) >= 11 is 6.43. The highest BCUT2D eigenvalue weighted by Crippen LogP contribution is 2.25. The minimum Gasteiger partial charge on any atom is -0.497 e. The highest BCUT2D eigenvalue weighted by Gasteiger charge is 2.16. The third-order valence-corrected chi connectivity index (χ3v) is 3.37. The Morgan fingerprint density at radius 3 is 2.88 bits per heavy atom. The van der Waals surface area contributed by atoms with Gasteiger partial charge >= 0.3 is 0 Å². The molecule has 2 rings (SSSR count). The average Bonchev–Trinajstić information content (AvgIpc) is 2.40.